The number of aryl methyl sites for hydroxylation is 1. The Morgan fingerprint density at radius 2 is 2.35 bits per heavy atom. The van der Waals surface area contributed by atoms with E-state index in [-0.39, 0.29) is 12.0 Å². The molecule has 2 aromatic rings. The number of thiophene rings is 1. The minimum absolute atomic E-state index is 0.269. The Balaban J connectivity index is 1.99. The lowest BCUT2D eigenvalue weighted by Crippen LogP contribution is -2.17. The van der Waals surface area contributed by atoms with Crippen LogP contribution in [0.1, 0.15) is 34.8 Å². The number of anilines is 1. The fraction of sp³-hybridized carbons (Fsp3) is 0.429. The van der Waals surface area contributed by atoms with Crippen LogP contribution in [0.3, 0.4) is 0 Å². The van der Waals surface area contributed by atoms with Crippen LogP contribution < -0.4 is 5.32 Å². The van der Waals surface area contributed by atoms with E-state index in [9.17, 15) is 4.79 Å². The second-order valence-corrected chi connectivity index (χ2v) is 6.51. The standard InChI is InChI=1S/C14H18N2O2S2/c1-4-18-13(17)12-10(3)20-14(16-12)15-9(2)7-11-5-6-19-8-11/h5-6,8-9H,4,7H2,1-3H3,(H,15,16). The molecule has 108 valence electrons. The van der Waals surface area contributed by atoms with Gasteiger partial charge in [0.1, 0.15) is 0 Å². The number of carbonyl (C=O) groups excluding carboxylic acids is 1. The largest absolute Gasteiger partial charge is 0.461 e. The monoisotopic (exact) mass is 310 g/mol. The minimum Gasteiger partial charge on any atom is -0.461 e. The smallest absolute Gasteiger partial charge is 0.358 e. The van der Waals surface area contributed by atoms with E-state index in [1.807, 2.05) is 6.92 Å². The number of nitrogens with one attached hydrogen (secondary N) is 1. The minimum atomic E-state index is -0.347. The van der Waals surface area contributed by atoms with Gasteiger partial charge in [-0.2, -0.15) is 11.3 Å². The summed E-state index contributed by atoms with van der Waals surface area (Å²) in [6.07, 6.45) is 0.941. The zero-order chi connectivity index (χ0) is 14.5. The van der Waals surface area contributed by atoms with Crippen LogP contribution in [0.25, 0.3) is 0 Å². The molecule has 0 radical (unpaired) electrons. The Morgan fingerprint density at radius 3 is 3.00 bits per heavy atom. The van der Waals surface area contributed by atoms with Crippen molar-refractivity contribution in [2.24, 2.45) is 0 Å². The van der Waals surface area contributed by atoms with E-state index in [0.717, 1.165) is 16.4 Å². The Bertz CT molecular complexity index is 564. The van der Waals surface area contributed by atoms with Crippen LogP contribution in [0.2, 0.25) is 0 Å². The zero-order valence-electron chi connectivity index (χ0n) is 11.8. The number of ether oxygens (including phenoxy) is 1. The van der Waals surface area contributed by atoms with Crippen molar-refractivity contribution >= 4 is 33.8 Å². The van der Waals surface area contributed by atoms with Crippen LogP contribution in [0.5, 0.6) is 0 Å². The van der Waals surface area contributed by atoms with Gasteiger partial charge < -0.3 is 10.1 Å². The highest BCUT2D eigenvalue weighted by Crippen LogP contribution is 2.24. The van der Waals surface area contributed by atoms with E-state index < -0.39 is 0 Å². The van der Waals surface area contributed by atoms with E-state index in [1.54, 1.807) is 18.3 Å². The van der Waals surface area contributed by atoms with Crippen LogP contribution in [0.4, 0.5) is 5.13 Å². The molecule has 0 fully saturated rings. The lowest BCUT2D eigenvalue weighted by atomic mass is 10.1. The van der Waals surface area contributed by atoms with Crippen LogP contribution in [-0.4, -0.2) is 23.6 Å². The van der Waals surface area contributed by atoms with Gasteiger partial charge in [-0.3, -0.25) is 0 Å². The van der Waals surface area contributed by atoms with Crippen LogP contribution in [-0.2, 0) is 11.2 Å². The van der Waals surface area contributed by atoms with Crippen molar-refractivity contribution in [3.05, 3.63) is 33.0 Å². The second kappa shape index (κ2) is 6.85. The van der Waals surface area contributed by atoms with E-state index in [2.05, 4.69) is 34.1 Å². The maximum Gasteiger partial charge on any atom is 0.358 e. The molecule has 0 aliphatic carbocycles. The van der Waals surface area contributed by atoms with Gasteiger partial charge in [0, 0.05) is 10.9 Å². The lowest BCUT2D eigenvalue weighted by Gasteiger charge is -2.11. The first-order valence-electron chi connectivity index (χ1n) is 6.52. The van der Waals surface area contributed by atoms with Crippen molar-refractivity contribution in [3.63, 3.8) is 0 Å². The number of nitrogens with zero attached hydrogens (tertiary/aromatic N) is 1. The topological polar surface area (TPSA) is 51.2 Å². The molecular formula is C14H18N2O2S2. The Hall–Kier alpha value is -1.40. The number of aromatic nitrogens is 1. The number of carbonyl (C=O) groups is 1. The summed E-state index contributed by atoms with van der Waals surface area (Å²) in [6, 6.07) is 2.39. The van der Waals surface area contributed by atoms with Gasteiger partial charge in [0.15, 0.2) is 10.8 Å². The number of rotatable bonds is 6. The molecule has 0 amide bonds. The summed E-state index contributed by atoms with van der Waals surface area (Å²) < 4.78 is 4.99. The molecule has 1 N–H and O–H groups in total. The molecule has 2 rings (SSSR count). The normalized spacial score (nSPS) is 12.2. The molecule has 1 atom stereocenters. The van der Waals surface area contributed by atoms with E-state index in [4.69, 9.17) is 4.74 Å². The Morgan fingerprint density at radius 1 is 1.55 bits per heavy atom. The maximum absolute atomic E-state index is 11.7. The van der Waals surface area contributed by atoms with E-state index in [0.29, 0.717) is 12.3 Å². The van der Waals surface area contributed by atoms with Crippen molar-refractivity contribution in [1.29, 1.82) is 0 Å². The van der Waals surface area contributed by atoms with Crippen molar-refractivity contribution in [2.45, 2.75) is 33.2 Å². The van der Waals surface area contributed by atoms with Crippen molar-refractivity contribution < 1.29 is 9.53 Å². The maximum atomic E-state index is 11.7. The highest BCUT2D eigenvalue weighted by Gasteiger charge is 2.17. The fourth-order valence-electron chi connectivity index (χ4n) is 1.87. The first kappa shape index (κ1) is 15.0. The fourth-order valence-corrected chi connectivity index (χ4v) is 3.47. The molecule has 6 heteroatoms. The summed E-state index contributed by atoms with van der Waals surface area (Å²) in [5, 5.41) is 8.34. The van der Waals surface area contributed by atoms with Crippen molar-refractivity contribution in [1.82, 2.24) is 4.98 Å². The SMILES string of the molecule is CCOC(=O)c1nc(NC(C)Cc2ccsc2)sc1C. The quantitative estimate of drug-likeness (QED) is 0.826. The average molecular weight is 310 g/mol. The first-order valence-corrected chi connectivity index (χ1v) is 8.28. The summed E-state index contributed by atoms with van der Waals surface area (Å²) in [4.78, 5) is 16.9. The number of hydrogen-bond donors (Lipinski definition) is 1. The predicted octanol–water partition coefficient (Wildman–Crippen LogP) is 3.73. The molecule has 0 aromatic carbocycles. The molecule has 0 bridgehead atoms. The lowest BCUT2D eigenvalue weighted by molar-refractivity contribution is 0.0519. The van der Waals surface area contributed by atoms with Crippen LogP contribution in [0, 0.1) is 6.92 Å². The summed E-state index contributed by atoms with van der Waals surface area (Å²) in [6.45, 7) is 6.16. The van der Waals surface area contributed by atoms with Crippen molar-refractivity contribution in [2.75, 3.05) is 11.9 Å². The zero-order valence-corrected chi connectivity index (χ0v) is 13.4. The second-order valence-electron chi connectivity index (χ2n) is 4.53. The molecule has 20 heavy (non-hydrogen) atoms. The third-order valence-corrected chi connectivity index (χ3v) is 4.39. The number of esters is 1. The molecule has 0 saturated heterocycles. The molecule has 0 aliphatic heterocycles. The summed E-state index contributed by atoms with van der Waals surface area (Å²) in [7, 11) is 0. The Kier molecular flexibility index (Phi) is 5.14. The highest BCUT2D eigenvalue weighted by atomic mass is 32.1. The van der Waals surface area contributed by atoms with Gasteiger partial charge in [0.05, 0.1) is 6.61 Å². The van der Waals surface area contributed by atoms with Gasteiger partial charge in [-0.1, -0.05) is 0 Å². The third-order valence-electron chi connectivity index (χ3n) is 2.76. The van der Waals surface area contributed by atoms with Gasteiger partial charge >= 0.3 is 5.97 Å². The summed E-state index contributed by atoms with van der Waals surface area (Å²) >= 11 is 3.19. The van der Waals surface area contributed by atoms with Gasteiger partial charge in [-0.15, -0.1) is 11.3 Å². The van der Waals surface area contributed by atoms with Crippen molar-refractivity contribution in [3.8, 4) is 0 Å². The first-order chi connectivity index (χ1) is 9.60. The highest BCUT2D eigenvalue weighted by molar-refractivity contribution is 7.15. The van der Waals surface area contributed by atoms with Crippen LogP contribution >= 0.6 is 22.7 Å². The molecule has 4 nitrogen and oxygen atoms in total. The van der Waals surface area contributed by atoms with E-state index in [1.165, 1.54) is 16.9 Å². The van der Waals surface area contributed by atoms with Gasteiger partial charge in [0.25, 0.3) is 0 Å². The number of thiazole rings is 1. The molecule has 1 unspecified atom stereocenters. The summed E-state index contributed by atoms with van der Waals surface area (Å²) in [5.41, 5.74) is 1.73. The predicted molar refractivity (Wildman–Crippen MR) is 83.9 cm³/mol. The number of hydrogen-bond acceptors (Lipinski definition) is 6. The third kappa shape index (κ3) is 3.80. The van der Waals surface area contributed by atoms with E-state index >= 15 is 0 Å². The van der Waals surface area contributed by atoms with Gasteiger partial charge in [-0.05, 0) is 49.6 Å². The van der Waals surface area contributed by atoms with Crippen LogP contribution in [0.15, 0.2) is 16.8 Å². The molecule has 0 saturated carbocycles. The molecular weight excluding hydrogens is 292 g/mol. The van der Waals surface area contributed by atoms with Gasteiger partial charge in [-0.25, -0.2) is 9.78 Å². The molecule has 2 aromatic heterocycles. The molecule has 0 spiro atoms. The average Bonchev–Trinajstić information content (AvgIpc) is 2.99. The Labute approximate surface area is 126 Å². The van der Waals surface area contributed by atoms with Gasteiger partial charge in [0.2, 0.25) is 0 Å². The summed E-state index contributed by atoms with van der Waals surface area (Å²) in [5.74, 6) is -0.347. The molecule has 0 aliphatic rings. The molecule has 2 heterocycles.